The lowest BCUT2D eigenvalue weighted by Gasteiger charge is -2.30. The third-order valence-electron chi connectivity index (χ3n) is 4.68. The van der Waals surface area contributed by atoms with Crippen LogP contribution in [-0.4, -0.2) is 31.1 Å². The molecular weight excluding hydrogens is 214 g/mol. The molecule has 3 heterocycles. The number of rotatable bonds is 3. The first-order valence-electron chi connectivity index (χ1n) is 7.18. The summed E-state index contributed by atoms with van der Waals surface area (Å²) in [6, 6.07) is 1.41. The Balaban J connectivity index is 1.50. The third kappa shape index (κ3) is 2.71. The van der Waals surface area contributed by atoms with E-state index in [4.69, 9.17) is 4.74 Å². The van der Waals surface area contributed by atoms with Crippen LogP contribution in [0.25, 0.3) is 0 Å². The zero-order valence-corrected chi connectivity index (χ0v) is 10.5. The van der Waals surface area contributed by atoms with Crippen LogP contribution in [-0.2, 0) is 9.53 Å². The maximum absolute atomic E-state index is 12.2. The van der Waals surface area contributed by atoms with Crippen LogP contribution < -0.4 is 5.32 Å². The van der Waals surface area contributed by atoms with E-state index in [-0.39, 0.29) is 5.92 Å². The molecule has 1 N–H and O–H groups in total. The van der Waals surface area contributed by atoms with Gasteiger partial charge in [0.25, 0.3) is 0 Å². The van der Waals surface area contributed by atoms with E-state index in [0.29, 0.717) is 30.4 Å². The van der Waals surface area contributed by atoms with Crippen LogP contribution in [0.5, 0.6) is 0 Å². The summed E-state index contributed by atoms with van der Waals surface area (Å²) in [7, 11) is 0. The molecular formula is C14H23NO2. The standard InChI is InChI=1S/C14H23NO2/c16-14(11-2-1-5-17-9-11)8-10-6-12-3-4-13(7-10)15-12/h10-13,15H,1-9H2. The Bertz CT molecular complexity index is 274. The fourth-order valence-corrected chi connectivity index (χ4v) is 3.79. The van der Waals surface area contributed by atoms with Crippen molar-refractivity contribution in [1.82, 2.24) is 5.32 Å². The molecule has 3 rings (SSSR count). The molecule has 0 radical (unpaired) electrons. The number of nitrogens with one attached hydrogen (secondary N) is 1. The first kappa shape index (κ1) is 11.7. The summed E-state index contributed by atoms with van der Waals surface area (Å²) in [6.45, 7) is 1.53. The van der Waals surface area contributed by atoms with Crippen LogP contribution in [0, 0.1) is 11.8 Å². The average Bonchev–Trinajstić information content (AvgIpc) is 2.70. The van der Waals surface area contributed by atoms with Crippen molar-refractivity contribution in [3.63, 3.8) is 0 Å². The Labute approximate surface area is 103 Å². The molecule has 0 amide bonds. The Morgan fingerprint density at radius 3 is 2.59 bits per heavy atom. The number of ether oxygens (including phenoxy) is 1. The molecule has 3 heteroatoms. The molecule has 0 spiro atoms. The Morgan fingerprint density at radius 2 is 1.94 bits per heavy atom. The second-order valence-electron chi connectivity index (χ2n) is 6.06. The van der Waals surface area contributed by atoms with Crippen LogP contribution in [0.3, 0.4) is 0 Å². The van der Waals surface area contributed by atoms with Crippen LogP contribution in [0.4, 0.5) is 0 Å². The molecule has 3 nitrogen and oxygen atoms in total. The van der Waals surface area contributed by atoms with Gasteiger partial charge in [-0.1, -0.05) is 0 Å². The lowest BCUT2D eigenvalue weighted by molar-refractivity contribution is -0.128. The molecule has 0 saturated carbocycles. The Kier molecular flexibility index (Phi) is 3.48. The quantitative estimate of drug-likeness (QED) is 0.815. The van der Waals surface area contributed by atoms with Gasteiger partial charge >= 0.3 is 0 Å². The van der Waals surface area contributed by atoms with Gasteiger partial charge in [0.2, 0.25) is 0 Å². The van der Waals surface area contributed by atoms with Crippen molar-refractivity contribution in [3.05, 3.63) is 0 Å². The smallest absolute Gasteiger partial charge is 0.138 e. The van der Waals surface area contributed by atoms with E-state index < -0.39 is 0 Å². The lowest BCUT2D eigenvalue weighted by atomic mass is 9.84. The van der Waals surface area contributed by atoms with Crippen molar-refractivity contribution >= 4 is 5.78 Å². The van der Waals surface area contributed by atoms with E-state index >= 15 is 0 Å². The van der Waals surface area contributed by atoms with Gasteiger partial charge in [-0.25, -0.2) is 0 Å². The first-order chi connectivity index (χ1) is 8.31. The number of piperidine rings is 1. The van der Waals surface area contributed by atoms with E-state index in [1.54, 1.807) is 0 Å². The normalized spacial score (nSPS) is 41.4. The Hall–Kier alpha value is -0.410. The highest BCUT2D eigenvalue weighted by Crippen LogP contribution is 2.33. The molecule has 0 aromatic rings. The van der Waals surface area contributed by atoms with Crippen molar-refractivity contribution < 1.29 is 9.53 Å². The molecule has 96 valence electrons. The van der Waals surface area contributed by atoms with Crippen molar-refractivity contribution in [3.8, 4) is 0 Å². The molecule has 0 aromatic carbocycles. The molecule has 0 aromatic heterocycles. The van der Waals surface area contributed by atoms with Crippen molar-refractivity contribution in [2.45, 2.75) is 57.0 Å². The number of ketones is 1. The maximum atomic E-state index is 12.2. The topological polar surface area (TPSA) is 38.3 Å². The van der Waals surface area contributed by atoms with Gasteiger partial charge in [-0.3, -0.25) is 4.79 Å². The minimum atomic E-state index is 0.205. The first-order valence-corrected chi connectivity index (χ1v) is 7.18. The summed E-state index contributed by atoms with van der Waals surface area (Å²) in [4.78, 5) is 12.2. The van der Waals surface area contributed by atoms with E-state index in [1.807, 2.05) is 0 Å². The number of hydrogen-bond donors (Lipinski definition) is 1. The van der Waals surface area contributed by atoms with Gasteiger partial charge < -0.3 is 10.1 Å². The van der Waals surface area contributed by atoms with Crippen LogP contribution in [0.2, 0.25) is 0 Å². The van der Waals surface area contributed by atoms with Gasteiger partial charge in [-0.2, -0.15) is 0 Å². The average molecular weight is 237 g/mol. The second-order valence-corrected chi connectivity index (χ2v) is 6.06. The summed E-state index contributed by atoms with van der Waals surface area (Å²) >= 11 is 0. The van der Waals surface area contributed by atoms with E-state index in [2.05, 4.69) is 5.32 Å². The Morgan fingerprint density at radius 1 is 1.18 bits per heavy atom. The highest BCUT2D eigenvalue weighted by molar-refractivity contribution is 5.81. The van der Waals surface area contributed by atoms with Crippen LogP contribution in [0.15, 0.2) is 0 Å². The zero-order chi connectivity index (χ0) is 11.7. The minimum Gasteiger partial charge on any atom is -0.381 e. The van der Waals surface area contributed by atoms with Gasteiger partial charge in [0.05, 0.1) is 6.61 Å². The lowest BCUT2D eigenvalue weighted by Crippen LogP contribution is -2.39. The second kappa shape index (κ2) is 5.07. The molecule has 0 aliphatic carbocycles. The van der Waals surface area contributed by atoms with Gasteiger partial charge in [-0.05, 0) is 44.4 Å². The minimum absolute atomic E-state index is 0.205. The number of carbonyl (C=O) groups is 1. The predicted octanol–water partition coefficient (Wildman–Crippen LogP) is 1.90. The van der Waals surface area contributed by atoms with E-state index in [1.165, 1.54) is 25.7 Å². The van der Waals surface area contributed by atoms with Crippen molar-refractivity contribution in [1.29, 1.82) is 0 Å². The van der Waals surface area contributed by atoms with E-state index in [9.17, 15) is 4.79 Å². The zero-order valence-electron chi connectivity index (χ0n) is 10.5. The summed E-state index contributed by atoms with van der Waals surface area (Å²) in [6.07, 6.45) is 8.00. The molecule has 17 heavy (non-hydrogen) atoms. The number of hydrogen-bond acceptors (Lipinski definition) is 3. The fraction of sp³-hybridized carbons (Fsp3) is 0.929. The maximum Gasteiger partial charge on any atom is 0.138 e. The molecule has 3 unspecified atom stereocenters. The number of Topliss-reactive ketones (excluding diaryl/α,β-unsaturated/α-hetero) is 1. The molecule has 3 saturated heterocycles. The number of fused-ring (bicyclic) bond motifs is 2. The van der Waals surface area contributed by atoms with Gasteiger partial charge in [0.15, 0.2) is 0 Å². The monoisotopic (exact) mass is 237 g/mol. The van der Waals surface area contributed by atoms with Crippen molar-refractivity contribution in [2.24, 2.45) is 11.8 Å². The van der Waals surface area contributed by atoms with Gasteiger partial charge in [0, 0.05) is 31.0 Å². The highest BCUT2D eigenvalue weighted by Gasteiger charge is 2.35. The predicted molar refractivity (Wildman–Crippen MR) is 65.8 cm³/mol. The molecule has 3 aliphatic rings. The SMILES string of the molecule is O=C(CC1CC2CCC(C1)N2)C1CCCOC1. The largest absolute Gasteiger partial charge is 0.381 e. The molecule has 3 fully saturated rings. The van der Waals surface area contributed by atoms with Crippen molar-refractivity contribution in [2.75, 3.05) is 13.2 Å². The molecule has 2 bridgehead atoms. The fourth-order valence-electron chi connectivity index (χ4n) is 3.79. The number of carbonyl (C=O) groups excluding carboxylic acids is 1. The summed E-state index contributed by atoms with van der Waals surface area (Å²) < 4.78 is 5.41. The van der Waals surface area contributed by atoms with Gasteiger partial charge in [0.1, 0.15) is 5.78 Å². The summed E-state index contributed by atoms with van der Waals surface area (Å²) in [5.74, 6) is 1.32. The summed E-state index contributed by atoms with van der Waals surface area (Å²) in [5, 5.41) is 3.64. The summed E-state index contributed by atoms with van der Waals surface area (Å²) in [5.41, 5.74) is 0. The van der Waals surface area contributed by atoms with Crippen LogP contribution >= 0.6 is 0 Å². The highest BCUT2D eigenvalue weighted by atomic mass is 16.5. The molecule has 3 atom stereocenters. The van der Waals surface area contributed by atoms with E-state index in [0.717, 1.165) is 25.9 Å². The van der Waals surface area contributed by atoms with Crippen LogP contribution in [0.1, 0.15) is 44.9 Å². The molecule has 3 aliphatic heterocycles. The van der Waals surface area contributed by atoms with Gasteiger partial charge in [-0.15, -0.1) is 0 Å². The third-order valence-corrected chi connectivity index (χ3v) is 4.68.